The van der Waals surface area contributed by atoms with E-state index in [1.807, 2.05) is 6.07 Å². The molecule has 2 amide bonds. The molecular formula is C19H17NO4S. The lowest BCUT2D eigenvalue weighted by molar-refractivity contribution is -0.121. The summed E-state index contributed by atoms with van der Waals surface area (Å²) in [6.45, 7) is 2.02. The van der Waals surface area contributed by atoms with Gasteiger partial charge in [-0.1, -0.05) is 30.3 Å². The Hall–Kier alpha value is -2.60. The molecule has 0 N–H and O–H groups in total. The highest BCUT2D eigenvalue weighted by atomic mass is 32.2. The molecule has 5 nitrogen and oxygen atoms in total. The third kappa shape index (κ3) is 3.58. The number of hydrogen-bond donors (Lipinski definition) is 0. The lowest BCUT2D eigenvalue weighted by Gasteiger charge is -2.15. The maximum absolute atomic E-state index is 12.7. The Labute approximate surface area is 150 Å². The summed E-state index contributed by atoms with van der Waals surface area (Å²) in [5.74, 6) is -0.926. The quantitative estimate of drug-likeness (QED) is 0.608. The second kappa shape index (κ2) is 7.53. The van der Waals surface area contributed by atoms with Crippen LogP contribution in [-0.4, -0.2) is 29.6 Å². The van der Waals surface area contributed by atoms with Crippen LogP contribution in [0.2, 0.25) is 0 Å². The largest absolute Gasteiger partial charge is 0.462 e. The van der Waals surface area contributed by atoms with Crippen LogP contribution in [0.1, 0.15) is 23.7 Å². The molecule has 1 aliphatic rings. The molecule has 2 aromatic rings. The van der Waals surface area contributed by atoms with E-state index in [1.165, 1.54) is 16.7 Å². The molecule has 0 spiro atoms. The van der Waals surface area contributed by atoms with Crippen molar-refractivity contribution in [3.05, 3.63) is 60.2 Å². The van der Waals surface area contributed by atoms with Gasteiger partial charge in [-0.15, -0.1) is 11.8 Å². The summed E-state index contributed by atoms with van der Waals surface area (Å²) in [5.41, 5.74) is 0.979. The smallest absolute Gasteiger partial charge is 0.339 e. The fourth-order valence-corrected chi connectivity index (χ4v) is 3.82. The van der Waals surface area contributed by atoms with Crippen LogP contribution in [0.15, 0.2) is 59.5 Å². The van der Waals surface area contributed by atoms with E-state index in [2.05, 4.69) is 0 Å². The number of carbonyl (C=O) groups is 3. The molecule has 1 fully saturated rings. The van der Waals surface area contributed by atoms with Crippen molar-refractivity contribution < 1.29 is 19.1 Å². The predicted octanol–water partition coefficient (Wildman–Crippen LogP) is 3.29. The molecule has 0 bridgehead atoms. The van der Waals surface area contributed by atoms with Crippen molar-refractivity contribution in [2.75, 3.05) is 11.5 Å². The van der Waals surface area contributed by atoms with Crippen molar-refractivity contribution in [3.63, 3.8) is 0 Å². The lowest BCUT2D eigenvalue weighted by atomic mass is 10.2. The molecule has 0 unspecified atom stereocenters. The molecule has 0 saturated carbocycles. The summed E-state index contributed by atoms with van der Waals surface area (Å²) >= 11 is 1.23. The predicted molar refractivity (Wildman–Crippen MR) is 95.6 cm³/mol. The summed E-state index contributed by atoms with van der Waals surface area (Å²) in [5, 5.41) is -0.553. The fraction of sp³-hybridized carbons (Fsp3) is 0.211. The maximum Gasteiger partial charge on any atom is 0.339 e. The lowest BCUT2D eigenvalue weighted by Crippen LogP contribution is -2.31. The third-order valence-electron chi connectivity index (χ3n) is 3.77. The monoisotopic (exact) mass is 355 g/mol. The van der Waals surface area contributed by atoms with Crippen LogP contribution in [0, 0.1) is 0 Å². The van der Waals surface area contributed by atoms with Gasteiger partial charge in [0.2, 0.25) is 11.8 Å². The molecule has 1 aliphatic heterocycles. The van der Waals surface area contributed by atoms with Crippen molar-refractivity contribution in [1.82, 2.24) is 0 Å². The zero-order valence-corrected chi connectivity index (χ0v) is 14.5. The van der Waals surface area contributed by atoms with Crippen molar-refractivity contribution >= 4 is 35.2 Å². The molecule has 1 atom stereocenters. The van der Waals surface area contributed by atoms with Gasteiger partial charge >= 0.3 is 5.97 Å². The molecule has 25 heavy (non-hydrogen) atoms. The summed E-state index contributed by atoms with van der Waals surface area (Å²) in [6, 6.07) is 15.8. The molecule has 1 heterocycles. The van der Waals surface area contributed by atoms with Gasteiger partial charge in [0, 0.05) is 11.3 Å². The number of amides is 2. The van der Waals surface area contributed by atoms with Gasteiger partial charge in [-0.05, 0) is 31.2 Å². The topological polar surface area (TPSA) is 63.7 Å². The van der Waals surface area contributed by atoms with Gasteiger partial charge in [0.15, 0.2) is 0 Å². The minimum absolute atomic E-state index is 0.107. The first-order valence-electron chi connectivity index (χ1n) is 7.96. The van der Waals surface area contributed by atoms with Crippen LogP contribution < -0.4 is 4.90 Å². The number of thioether (sulfide) groups is 1. The number of hydrogen-bond acceptors (Lipinski definition) is 5. The van der Waals surface area contributed by atoms with Crippen LogP contribution in [-0.2, 0) is 14.3 Å². The van der Waals surface area contributed by atoms with Gasteiger partial charge in [0.1, 0.15) is 0 Å². The van der Waals surface area contributed by atoms with Crippen LogP contribution in [0.5, 0.6) is 0 Å². The number of imide groups is 1. The highest BCUT2D eigenvalue weighted by Crippen LogP contribution is 2.35. The van der Waals surface area contributed by atoms with E-state index in [0.29, 0.717) is 16.1 Å². The molecule has 0 aromatic heterocycles. The van der Waals surface area contributed by atoms with Crippen LogP contribution >= 0.6 is 11.8 Å². The van der Waals surface area contributed by atoms with E-state index in [0.717, 1.165) is 0 Å². The second-order valence-corrected chi connectivity index (χ2v) is 6.67. The van der Waals surface area contributed by atoms with E-state index in [1.54, 1.807) is 55.5 Å². The number of para-hydroxylation sites is 1. The highest BCUT2D eigenvalue weighted by molar-refractivity contribution is 8.00. The Morgan fingerprint density at radius 2 is 1.80 bits per heavy atom. The van der Waals surface area contributed by atoms with Gasteiger partial charge in [-0.25, -0.2) is 9.69 Å². The van der Waals surface area contributed by atoms with Gasteiger partial charge in [0.25, 0.3) is 0 Å². The normalized spacial score (nSPS) is 17.0. The summed E-state index contributed by atoms with van der Waals surface area (Å²) in [6.07, 6.45) is 0.107. The first-order chi connectivity index (χ1) is 12.1. The number of benzene rings is 2. The number of ether oxygens (including phenoxy) is 1. The first-order valence-corrected chi connectivity index (χ1v) is 8.84. The Kier molecular flexibility index (Phi) is 5.19. The molecule has 1 saturated heterocycles. The van der Waals surface area contributed by atoms with E-state index < -0.39 is 11.2 Å². The molecular weight excluding hydrogens is 338 g/mol. The average Bonchev–Trinajstić information content (AvgIpc) is 2.90. The molecule has 2 aromatic carbocycles. The SMILES string of the molecule is CCOC(=O)c1ccccc1S[C@@H]1CC(=O)N(c2ccccc2)C1=O. The summed E-state index contributed by atoms with van der Waals surface area (Å²) in [4.78, 5) is 38.9. The molecule has 0 radical (unpaired) electrons. The van der Waals surface area contributed by atoms with Crippen LogP contribution in [0.25, 0.3) is 0 Å². The Morgan fingerprint density at radius 3 is 2.52 bits per heavy atom. The first kappa shape index (κ1) is 17.2. The second-order valence-electron chi connectivity index (χ2n) is 5.43. The molecule has 6 heteroatoms. The van der Waals surface area contributed by atoms with E-state index in [4.69, 9.17) is 4.74 Å². The van der Waals surface area contributed by atoms with Crippen molar-refractivity contribution in [2.45, 2.75) is 23.5 Å². The van der Waals surface area contributed by atoms with Crippen LogP contribution in [0.4, 0.5) is 5.69 Å². The number of nitrogens with zero attached hydrogens (tertiary/aromatic N) is 1. The fourth-order valence-electron chi connectivity index (χ4n) is 2.64. The van der Waals surface area contributed by atoms with E-state index in [-0.39, 0.29) is 24.8 Å². The van der Waals surface area contributed by atoms with Crippen molar-refractivity contribution in [2.24, 2.45) is 0 Å². The standard InChI is InChI=1S/C19H17NO4S/c1-2-24-19(23)14-10-6-7-11-15(14)25-16-12-17(21)20(18(16)22)13-8-4-3-5-9-13/h3-11,16H,2,12H2,1H3/t16-/m1/s1. The molecule has 128 valence electrons. The summed E-state index contributed by atoms with van der Waals surface area (Å²) < 4.78 is 5.06. The highest BCUT2D eigenvalue weighted by Gasteiger charge is 2.40. The Balaban J connectivity index is 1.82. The zero-order chi connectivity index (χ0) is 17.8. The number of rotatable bonds is 5. The number of carbonyl (C=O) groups excluding carboxylic acids is 3. The Morgan fingerprint density at radius 1 is 1.12 bits per heavy atom. The van der Waals surface area contributed by atoms with Gasteiger partial charge in [-0.2, -0.15) is 0 Å². The van der Waals surface area contributed by atoms with Gasteiger partial charge < -0.3 is 4.74 Å². The molecule has 0 aliphatic carbocycles. The van der Waals surface area contributed by atoms with Crippen LogP contribution in [0.3, 0.4) is 0 Å². The van der Waals surface area contributed by atoms with Crippen molar-refractivity contribution in [3.8, 4) is 0 Å². The minimum atomic E-state index is -0.553. The van der Waals surface area contributed by atoms with Crippen molar-refractivity contribution in [1.29, 1.82) is 0 Å². The van der Waals surface area contributed by atoms with Gasteiger partial charge in [-0.3, -0.25) is 9.59 Å². The third-order valence-corrected chi connectivity index (χ3v) is 5.03. The Bertz CT molecular complexity index is 806. The number of esters is 1. The van der Waals surface area contributed by atoms with E-state index >= 15 is 0 Å². The minimum Gasteiger partial charge on any atom is -0.462 e. The average molecular weight is 355 g/mol. The van der Waals surface area contributed by atoms with Gasteiger partial charge in [0.05, 0.1) is 23.1 Å². The number of anilines is 1. The summed E-state index contributed by atoms with van der Waals surface area (Å²) in [7, 11) is 0. The maximum atomic E-state index is 12.7. The molecule has 3 rings (SSSR count). The van der Waals surface area contributed by atoms with E-state index in [9.17, 15) is 14.4 Å². The zero-order valence-electron chi connectivity index (χ0n) is 13.7.